The second kappa shape index (κ2) is 9.97. The van der Waals surface area contributed by atoms with Crippen LogP contribution in [0.5, 0.6) is 0 Å². The molecule has 3 aromatic rings. The second-order valence-corrected chi connectivity index (χ2v) is 9.27. The average molecular weight is 498 g/mol. The normalized spacial score (nSPS) is 15.2. The molecular weight excluding hydrogens is 475 g/mol. The van der Waals surface area contributed by atoms with Crippen LogP contribution in [-0.4, -0.2) is 55.2 Å². The quantitative estimate of drug-likeness (QED) is 0.442. The zero-order valence-electron chi connectivity index (χ0n) is 18.0. The van der Waals surface area contributed by atoms with Crippen molar-refractivity contribution in [3.05, 3.63) is 58.1 Å². The van der Waals surface area contributed by atoms with Crippen LogP contribution in [0.1, 0.15) is 27.9 Å². The second-order valence-electron chi connectivity index (χ2n) is 7.88. The van der Waals surface area contributed by atoms with Gasteiger partial charge in [0.25, 0.3) is 5.91 Å². The third-order valence-electron chi connectivity index (χ3n) is 5.56. The molecule has 10 heteroatoms. The van der Waals surface area contributed by atoms with E-state index < -0.39 is 17.6 Å². The number of hydrogen-bond acceptors (Lipinski definition) is 5. The maximum atomic E-state index is 13.4. The number of rotatable bonds is 6. The molecule has 2 aromatic carbocycles. The number of thiazole rings is 1. The minimum absolute atomic E-state index is 0.0294. The van der Waals surface area contributed by atoms with Gasteiger partial charge in [-0.15, -0.1) is 0 Å². The molecular formula is C23H23ClF3N3O2S. The summed E-state index contributed by atoms with van der Waals surface area (Å²) in [5.41, 5.74) is 0.720. The van der Waals surface area contributed by atoms with Crippen LogP contribution in [0.3, 0.4) is 0 Å². The van der Waals surface area contributed by atoms with Gasteiger partial charge in [-0.1, -0.05) is 35.1 Å². The molecule has 0 aliphatic carbocycles. The molecule has 1 saturated heterocycles. The number of aryl methyl sites for hydroxylation is 1. The molecule has 1 fully saturated rings. The number of hydrogen-bond donors (Lipinski definition) is 0. The van der Waals surface area contributed by atoms with E-state index >= 15 is 0 Å². The fourth-order valence-corrected chi connectivity index (χ4v) is 5.09. The zero-order valence-corrected chi connectivity index (χ0v) is 19.6. The Morgan fingerprint density at radius 1 is 1.24 bits per heavy atom. The number of amides is 1. The van der Waals surface area contributed by atoms with E-state index in [9.17, 15) is 18.0 Å². The fraction of sp³-hybridized carbons (Fsp3) is 0.391. The Labute approximate surface area is 198 Å². The smallest absolute Gasteiger partial charge is 0.379 e. The van der Waals surface area contributed by atoms with E-state index in [-0.39, 0.29) is 5.56 Å². The Kier molecular flexibility index (Phi) is 7.23. The van der Waals surface area contributed by atoms with Gasteiger partial charge < -0.3 is 4.74 Å². The molecule has 1 aliphatic heterocycles. The lowest BCUT2D eigenvalue weighted by molar-refractivity contribution is -0.137. The van der Waals surface area contributed by atoms with Crippen LogP contribution in [-0.2, 0) is 10.9 Å². The Balaban J connectivity index is 1.64. The number of benzene rings is 2. The average Bonchev–Trinajstić information content (AvgIpc) is 3.26. The minimum Gasteiger partial charge on any atom is -0.379 e. The van der Waals surface area contributed by atoms with Gasteiger partial charge in [0.2, 0.25) is 0 Å². The van der Waals surface area contributed by atoms with Crippen LogP contribution in [0.2, 0.25) is 5.02 Å². The monoisotopic (exact) mass is 497 g/mol. The van der Waals surface area contributed by atoms with Gasteiger partial charge in [0.15, 0.2) is 5.13 Å². The van der Waals surface area contributed by atoms with Crippen molar-refractivity contribution in [3.63, 3.8) is 0 Å². The molecule has 0 unspecified atom stereocenters. The van der Waals surface area contributed by atoms with Gasteiger partial charge in [0.1, 0.15) is 0 Å². The number of aromatic nitrogens is 1. The first-order chi connectivity index (χ1) is 15.7. The predicted molar refractivity (Wildman–Crippen MR) is 124 cm³/mol. The van der Waals surface area contributed by atoms with Crippen LogP contribution >= 0.6 is 22.9 Å². The lowest BCUT2D eigenvalue weighted by atomic mass is 10.1. The third-order valence-corrected chi connectivity index (χ3v) is 7.10. The molecule has 33 heavy (non-hydrogen) atoms. The summed E-state index contributed by atoms with van der Waals surface area (Å²) in [5, 5.41) is 0.949. The maximum absolute atomic E-state index is 13.4. The summed E-state index contributed by atoms with van der Waals surface area (Å²) >= 11 is 7.62. The summed E-state index contributed by atoms with van der Waals surface area (Å²) in [5.74, 6) is -0.518. The number of fused-ring (bicyclic) bond motifs is 1. The van der Waals surface area contributed by atoms with E-state index in [2.05, 4.69) is 9.88 Å². The van der Waals surface area contributed by atoms with Gasteiger partial charge in [-0.2, -0.15) is 13.2 Å². The van der Waals surface area contributed by atoms with Gasteiger partial charge >= 0.3 is 6.18 Å². The summed E-state index contributed by atoms with van der Waals surface area (Å²) in [7, 11) is 0. The van der Waals surface area contributed by atoms with Crippen LogP contribution in [0.4, 0.5) is 18.3 Å². The number of nitrogens with zero attached hydrogens (tertiary/aromatic N) is 3. The number of alkyl halides is 3. The van der Waals surface area contributed by atoms with Crippen molar-refractivity contribution in [3.8, 4) is 0 Å². The largest absolute Gasteiger partial charge is 0.416 e. The molecule has 2 heterocycles. The summed E-state index contributed by atoms with van der Waals surface area (Å²) in [4.78, 5) is 21.8. The number of ether oxygens (including phenoxy) is 1. The Bertz CT molecular complexity index is 1110. The van der Waals surface area contributed by atoms with E-state index in [4.69, 9.17) is 16.3 Å². The van der Waals surface area contributed by atoms with Crippen molar-refractivity contribution in [2.45, 2.75) is 19.5 Å². The van der Waals surface area contributed by atoms with Crippen LogP contribution in [0.15, 0.2) is 36.4 Å². The fourth-order valence-electron chi connectivity index (χ4n) is 3.75. The molecule has 1 aliphatic rings. The van der Waals surface area contributed by atoms with Crippen molar-refractivity contribution < 1.29 is 22.7 Å². The van der Waals surface area contributed by atoms with Crippen LogP contribution < -0.4 is 4.90 Å². The van der Waals surface area contributed by atoms with Gasteiger partial charge in [-0.05, 0) is 43.2 Å². The summed E-state index contributed by atoms with van der Waals surface area (Å²) < 4.78 is 45.8. The predicted octanol–water partition coefficient (Wildman–Crippen LogP) is 5.65. The number of carbonyl (C=O) groups excluding carboxylic acids is 1. The number of morpholine rings is 1. The highest BCUT2D eigenvalue weighted by Crippen LogP contribution is 2.36. The van der Waals surface area contributed by atoms with Crippen molar-refractivity contribution in [1.82, 2.24) is 9.88 Å². The zero-order chi connectivity index (χ0) is 23.6. The summed E-state index contributed by atoms with van der Waals surface area (Å²) in [6, 6.07) is 8.13. The maximum Gasteiger partial charge on any atom is 0.416 e. The van der Waals surface area contributed by atoms with E-state index in [1.165, 1.54) is 28.4 Å². The first-order valence-corrected chi connectivity index (χ1v) is 11.8. The number of carbonyl (C=O) groups is 1. The molecule has 0 bridgehead atoms. The molecule has 0 saturated carbocycles. The summed E-state index contributed by atoms with van der Waals surface area (Å²) in [6.45, 7) is 5.95. The van der Waals surface area contributed by atoms with Gasteiger partial charge in [0.05, 0.1) is 34.0 Å². The highest BCUT2D eigenvalue weighted by Gasteiger charge is 2.32. The van der Waals surface area contributed by atoms with Crippen molar-refractivity contribution >= 4 is 44.2 Å². The molecule has 1 aromatic heterocycles. The molecule has 1 amide bonds. The molecule has 4 rings (SSSR count). The Hall–Kier alpha value is -2.20. The molecule has 0 atom stereocenters. The van der Waals surface area contributed by atoms with Crippen molar-refractivity contribution in [2.24, 2.45) is 0 Å². The lowest BCUT2D eigenvalue weighted by Crippen LogP contribution is -2.39. The standard InChI is InChI=1S/C23H23ClF3N3O2S/c1-15-6-7-18(24)20-19(15)28-22(33-20)30(9-3-8-29-10-12-32-13-11-29)21(31)16-4-2-5-17(14-16)23(25,26)27/h2,4-7,14H,3,8-13H2,1H3. The highest BCUT2D eigenvalue weighted by molar-refractivity contribution is 7.23. The molecule has 5 nitrogen and oxygen atoms in total. The van der Waals surface area contributed by atoms with E-state index in [1.807, 2.05) is 13.0 Å². The molecule has 0 radical (unpaired) electrons. The SMILES string of the molecule is Cc1ccc(Cl)c2sc(N(CCCN3CCOCC3)C(=O)c3cccc(C(F)(F)F)c3)nc12. The summed E-state index contributed by atoms with van der Waals surface area (Å²) in [6.07, 6.45) is -3.88. The third kappa shape index (κ3) is 5.48. The number of anilines is 1. The van der Waals surface area contributed by atoms with Gasteiger partial charge in [0, 0.05) is 31.7 Å². The van der Waals surface area contributed by atoms with Gasteiger partial charge in [-0.3, -0.25) is 14.6 Å². The highest BCUT2D eigenvalue weighted by atomic mass is 35.5. The van der Waals surface area contributed by atoms with Crippen LogP contribution in [0, 0.1) is 6.92 Å². The Morgan fingerprint density at radius 2 is 2.00 bits per heavy atom. The minimum atomic E-state index is -4.53. The van der Waals surface area contributed by atoms with E-state index in [0.717, 1.165) is 42.0 Å². The Morgan fingerprint density at radius 3 is 2.70 bits per heavy atom. The number of halogens is 4. The van der Waals surface area contributed by atoms with Crippen molar-refractivity contribution in [2.75, 3.05) is 44.3 Å². The van der Waals surface area contributed by atoms with E-state index in [1.54, 1.807) is 6.07 Å². The first-order valence-electron chi connectivity index (χ1n) is 10.6. The van der Waals surface area contributed by atoms with Crippen LogP contribution in [0.25, 0.3) is 10.2 Å². The molecule has 0 spiro atoms. The first kappa shape index (κ1) is 23.9. The lowest BCUT2D eigenvalue weighted by Gasteiger charge is -2.27. The topological polar surface area (TPSA) is 45.7 Å². The molecule has 176 valence electrons. The van der Waals surface area contributed by atoms with E-state index in [0.29, 0.717) is 41.9 Å². The van der Waals surface area contributed by atoms with Gasteiger partial charge in [-0.25, -0.2) is 4.98 Å². The molecule has 0 N–H and O–H groups in total. The van der Waals surface area contributed by atoms with Crippen molar-refractivity contribution in [1.29, 1.82) is 0 Å².